The first kappa shape index (κ1) is 12.3. The van der Waals surface area contributed by atoms with Gasteiger partial charge in [0.05, 0.1) is 4.92 Å². The van der Waals surface area contributed by atoms with Crippen LogP contribution in [0, 0.1) is 17.0 Å². The molecule has 0 fully saturated rings. The molecule has 18 heavy (non-hydrogen) atoms. The summed E-state index contributed by atoms with van der Waals surface area (Å²) in [6.45, 7) is 1.95. The second-order valence-electron chi connectivity index (χ2n) is 3.66. The molecule has 5 nitrogen and oxygen atoms in total. The monoisotopic (exact) mass is 262 g/mol. The molecule has 92 valence electrons. The molecule has 2 aromatic rings. The summed E-state index contributed by atoms with van der Waals surface area (Å²) in [6, 6.07) is 5.71. The van der Waals surface area contributed by atoms with Crippen molar-refractivity contribution in [1.29, 1.82) is 0 Å². The van der Waals surface area contributed by atoms with Crippen molar-refractivity contribution in [2.24, 2.45) is 4.99 Å². The van der Waals surface area contributed by atoms with E-state index in [0.717, 1.165) is 10.4 Å². The summed E-state index contributed by atoms with van der Waals surface area (Å²) in [4.78, 5) is 15.1. The lowest BCUT2D eigenvalue weighted by molar-refractivity contribution is -0.384. The molecule has 1 N–H and O–H groups in total. The van der Waals surface area contributed by atoms with Gasteiger partial charge >= 0.3 is 0 Å². The number of aryl methyl sites for hydroxylation is 1. The van der Waals surface area contributed by atoms with E-state index in [1.807, 2.05) is 18.4 Å². The Morgan fingerprint density at radius 1 is 1.44 bits per heavy atom. The lowest BCUT2D eigenvalue weighted by Crippen LogP contribution is -1.86. The fraction of sp³-hybridized carbons (Fsp3) is 0.0833. The van der Waals surface area contributed by atoms with Crippen molar-refractivity contribution >= 4 is 28.9 Å². The van der Waals surface area contributed by atoms with Crippen LogP contribution in [0.4, 0.5) is 11.4 Å². The van der Waals surface area contributed by atoms with Crippen LogP contribution in [0.15, 0.2) is 34.6 Å². The van der Waals surface area contributed by atoms with Crippen LogP contribution in [-0.2, 0) is 0 Å². The Balaban J connectivity index is 2.34. The Bertz CT molecular complexity index is 620. The zero-order chi connectivity index (χ0) is 13.1. The van der Waals surface area contributed by atoms with Crippen molar-refractivity contribution in [2.75, 3.05) is 0 Å². The molecule has 0 radical (unpaired) electrons. The average Bonchev–Trinajstić information content (AvgIpc) is 2.73. The van der Waals surface area contributed by atoms with Crippen LogP contribution in [0.1, 0.15) is 10.4 Å². The second-order valence-corrected chi connectivity index (χ2v) is 4.60. The molecule has 0 bridgehead atoms. The molecular formula is C12H10N2O3S. The van der Waals surface area contributed by atoms with E-state index < -0.39 is 4.92 Å². The van der Waals surface area contributed by atoms with Crippen molar-refractivity contribution in [1.82, 2.24) is 0 Å². The minimum Gasteiger partial charge on any atom is -0.506 e. The SMILES string of the molecule is Cc1ccsc1C=Nc1cc([N+](=O)[O-])ccc1O. The molecule has 0 spiro atoms. The number of nitro groups is 1. The fourth-order valence-corrected chi connectivity index (χ4v) is 2.16. The zero-order valence-corrected chi connectivity index (χ0v) is 10.3. The number of nitrogens with zero attached hydrogens (tertiary/aromatic N) is 2. The highest BCUT2D eigenvalue weighted by Gasteiger charge is 2.09. The fourth-order valence-electron chi connectivity index (χ4n) is 1.37. The highest BCUT2D eigenvalue weighted by molar-refractivity contribution is 7.11. The third-order valence-corrected chi connectivity index (χ3v) is 3.35. The normalized spacial score (nSPS) is 10.9. The first-order valence-corrected chi connectivity index (χ1v) is 6.01. The molecule has 2 rings (SSSR count). The molecular weight excluding hydrogens is 252 g/mol. The molecule has 0 atom stereocenters. The first-order chi connectivity index (χ1) is 8.58. The topological polar surface area (TPSA) is 75.7 Å². The molecule has 1 aromatic carbocycles. The maximum absolute atomic E-state index is 10.6. The summed E-state index contributed by atoms with van der Waals surface area (Å²) in [6.07, 6.45) is 1.60. The maximum atomic E-state index is 10.6. The Kier molecular flexibility index (Phi) is 3.38. The number of aromatic hydroxyl groups is 1. The molecule has 6 heteroatoms. The van der Waals surface area contributed by atoms with Gasteiger partial charge in [-0.15, -0.1) is 11.3 Å². The van der Waals surface area contributed by atoms with Crippen LogP contribution in [-0.4, -0.2) is 16.2 Å². The molecule has 0 amide bonds. The standard InChI is InChI=1S/C12H10N2O3S/c1-8-4-5-18-12(8)7-13-10-6-9(14(16)17)2-3-11(10)15/h2-7,15H,1H3. The summed E-state index contributed by atoms with van der Waals surface area (Å²) in [7, 11) is 0. The summed E-state index contributed by atoms with van der Waals surface area (Å²) < 4.78 is 0. The van der Waals surface area contributed by atoms with Crippen LogP contribution in [0.25, 0.3) is 0 Å². The molecule has 0 aliphatic carbocycles. The van der Waals surface area contributed by atoms with Crippen molar-refractivity contribution < 1.29 is 10.0 Å². The van der Waals surface area contributed by atoms with Gasteiger partial charge in [-0.25, -0.2) is 0 Å². The molecule has 1 aromatic heterocycles. The van der Waals surface area contributed by atoms with Crippen LogP contribution in [0.5, 0.6) is 5.75 Å². The van der Waals surface area contributed by atoms with Gasteiger partial charge in [0.2, 0.25) is 0 Å². The van der Waals surface area contributed by atoms with Crippen molar-refractivity contribution in [3.05, 3.63) is 50.2 Å². The first-order valence-electron chi connectivity index (χ1n) is 5.13. The number of hydrogen-bond donors (Lipinski definition) is 1. The van der Waals surface area contributed by atoms with Gasteiger partial charge in [-0.2, -0.15) is 0 Å². The van der Waals surface area contributed by atoms with Crippen molar-refractivity contribution in [3.63, 3.8) is 0 Å². The lowest BCUT2D eigenvalue weighted by Gasteiger charge is -1.98. The van der Waals surface area contributed by atoms with Gasteiger partial charge in [-0.1, -0.05) is 0 Å². The maximum Gasteiger partial charge on any atom is 0.271 e. The smallest absolute Gasteiger partial charge is 0.271 e. The Morgan fingerprint density at radius 3 is 2.83 bits per heavy atom. The summed E-state index contributed by atoms with van der Waals surface area (Å²) in [5, 5.41) is 22.1. The average molecular weight is 262 g/mol. The lowest BCUT2D eigenvalue weighted by atomic mass is 10.2. The van der Waals surface area contributed by atoms with Gasteiger partial charge in [0, 0.05) is 23.2 Å². The van der Waals surface area contributed by atoms with Gasteiger partial charge < -0.3 is 5.11 Å². The number of hydrogen-bond acceptors (Lipinski definition) is 5. The quantitative estimate of drug-likeness (QED) is 0.523. The molecule has 0 unspecified atom stereocenters. The Morgan fingerprint density at radius 2 is 2.22 bits per heavy atom. The van der Waals surface area contributed by atoms with E-state index >= 15 is 0 Å². The van der Waals surface area contributed by atoms with Gasteiger partial charge in [0.1, 0.15) is 11.4 Å². The molecule has 0 saturated carbocycles. The predicted molar refractivity (Wildman–Crippen MR) is 71.1 cm³/mol. The molecule has 0 aliphatic heterocycles. The highest BCUT2D eigenvalue weighted by Crippen LogP contribution is 2.30. The molecule has 0 aliphatic rings. The van der Waals surface area contributed by atoms with E-state index in [4.69, 9.17) is 0 Å². The van der Waals surface area contributed by atoms with Gasteiger partial charge in [0.15, 0.2) is 0 Å². The number of non-ortho nitro benzene ring substituents is 1. The van der Waals surface area contributed by atoms with Crippen LogP contribution >= 0.6 is 11.3 Å². The largest absolute Gasteiger partial charge is 0.506 e. The summed E-state index contributed by atoms with van der Waals surface area (Å²) >= 11 is 1.52. The third kappa shape index (κ3) is 2.54. The zero-order valence-electron chi connectivity index (χ0n) is 9.53. The van der Waals surface area contributed by atoms with E-state index in [-0.39, 0.29) is 17.1 Å². The van der Waals surface area contributed by atoms with E-state index in [0.29, 0.717) is 0 Å². The molecule has 0 saturated heterocycles. The number of rotatable bonds is 3. The van der Waals surface area contributed by atoms with E-state index in [9.17, 15) is 15.2 Å². The number of benzene rings is 1. The Labute approximate surface area is 107 Å². The summed E-state index contributed by atoms with van der Waals surface area (Å²) in [5.74, 6) is -0.0777. The number of aliphatic imine (C=N–C) groups is 1. The van der Waals surface area contributed by atoms with E-state index in [2.05, 4.69) is 4.99 Å². The highest BCUT2D eigenvalue weighted by atomic mass is 32.1. The van der Waals surface area contributed by atoms with Gasteiger partial charge in [0.25, 0.3) is 5.69 Å². The Hall–Kier alpha value is -2.21. The van der Waals surface area contributed by atoms with Gasteiger partial charge in [-0.05, 0) is 30.0 Å². The number of phenolic OH excluding ortho intramolecular Hbond substituents is 1. The van der Waals surface area contributed by atoms with E-state index in [1.165, 1.54) is 29.5 Å². The van der Waals surface area contributed by atoms with Crippen LogP contribution in [0.3, 0.4) is 0 Å². The number of thiophene rings is 1. The van der Waals surface area contributed by atoms with Gasteiger partial charge in [-0.3, -0.25) is 15.1 Å². The minimum atomic E-state index is -0.519. The second kappa shape index (κ2) is 4.97. The van der Waals surface area contributed by atoms with Crippen LogP contribution < -0.4 is 0 Å². The van der Waals surface area contributed by atoms with Crippen LogP contribution in [0.2, 0.25) is 0 Å². The minimum absolute atomic E-state index is 0.0777. The van der Waals surface area contributed by atoms with E-state index in [1.54, 1.807) is 6.21 Å². The number of phenols is 1. The number of nitro benzene ring substituents is 1. The predicted octanol–water partition coefficient (Wildman–Crippen LogP) is 3.42. The van der Waals surface area contributed by atoms with Crippen molar-refractivity contribution in [2.45, 2.75) is 6.92 Å². The third-order valence-electron chi connectivity index (χ3n) is 2.39. The molecule has 1 heterocycles. The van der Waals surface area contributed by atoms with Crippen molar-refractivity contribution in [3.8, 4) is 5.75 Å². The summed E-state index contributed by atoms with van der Waals surface area (Å²) in [5.41, 5.74) is 1.17.